The maximum Gasteiger partial charge on any atom is 0.339 e. The maximum absolute atomic E-state index is 13.1. The van der Waals surface area contributed by atoms with Crippen molar-refractivity contribution < 1.29 is 9.53 Å². The normalized spacial score (nSPS) is 14.3. The van der Waals surface area contributed by atoms with E-state index in [2.05, 4.69) is 17.5 Å². The van der Waals surface area contributed by atoms with Crippen LogP contribution < -0.4 is 0 Å². The number of pyridine rings is 1. The zero-order valence-electron chi connectivity index (χ0n) is 15.8. The van der Waals surface area contributed by atoms with Crippen LogP contribution in [0.4, 0.5) is 0 Å². The number of nitrogens with zero attached hydrogens (tertiary/aromatic N) is 1. The molecule has 1 aliphatic rings. The molecule has 0 bridgehead atoms. The summed E-state index contributed by atoms with van der Waals surface area (Å²) in [5, 5.41) is 2.93. The second-order valence-corrected chi connectivity index (χ2v) is 8.06. The Labute approximate surface area is 173 Å². The van der Waals surface area contributed by atoms with Crippen molar-refractivity contribution in [3.63, 3.8) is 0 Å². The lowest BCUT2D eigenvalue weighted by Gasteiger charge is -2.12. The van der Waals surface area contributed by atoms with Crippen LogP contribution in [0, 0.1) is 0 Å². The van der Waals surface area contributed by atoms with Crippen LogP contribution in [0.5, 0.6) is 0 Å². The zero-order chi connectivity index (χ0) is 19.6. The minimum atomic E-state index is -0.277. The fourth-order valence-electron chi connectivity index (χ4n) is 3.85. The summed E-state index contributed by atoms with van der Waals surface area (Å²) in [6.07, 6.45) is 3.88. The average molecular weight is 397 g/mol. The van der Waals surface area contributed by atoms with E-state index in [0.29, 0.717) is 5.56 Å². The molecule has 0 N–H and O–H groups in total. The number of ether oxygens (including phenoxy) is 1. The number of carbonyl (C=O) groups excluding carboxylic acids is 1. The number of aromatic nitrogens is 1. The lowest BCUT2D eigenvalue weighted by molar-refractivity contribution is 0.0474. The topological polar surface area (TPSA) is 39.2 Å². The molecule has 29 heavy (non-hydrogen) atoms. The van der Waals surface area contributed by atoms with Crippen molar-refractivity contribution in [1.29, 1.82) is 0 Å². The van der Waals surface area contributed by atoms with E-state index in [4.69, 9.17) is 9.72 Å². The summed E-state index contributed by atoms with van der Waals surface area (Å²) in [5.74, 6) is -0.277. The van der Waals surface area contributed by atoms with E-state index in [0.717, 1.165) is 40.6 Å². The second-order valence-electron chi connectivity index (χ2n) is 7.08. The van der Waals surface area contributed by atoms with Gasteiger partial charge in [-0.25, -0.2) is 9.78 Å². The molecule has 2 heterocycles. The summed E-state index contributed by atoms with van der Waals surface area (Å²) in [5.41, 5.74) is 5.60. The van der Waals surface area contributed by atoms with E-state index in [1.54, 1.807) is 11.3 Å². The summed E-state index contributed by atoms with van der Waals surface area (Å²) in [6.45, 7) is 0.267. The smallest absolute Gasteiger partial charge is 0.339 e. The largest absolute Gasteiger partial charge is 0.457 e. The van der Waals surface area contributed by atoms with Crippen LogP contribution in [0.2, 0.25) is 0 Å². The molecule has 0 atom stereocenters. The Bertz CT molecular complexity index is 1210. The molecule has 0 radical (unpaired) electrons. The van der Waals surface area contributed by atoms with E-state index < -0.39 is 0 Å². The highest BCUT2D eigenvalue weighted by atomic mass is 32.1. The highest BCUT2D eigenvalue weighted by molar-refractivity contribution is 7.10. The molecule has 0 unspecified atom stereocenters. The van der Waals surface area contributed by atoms with E-state index in [1.807, 2.05) is 60.7 Å². The fraction of sp³-hybridized carbons (Fsp3) is 0.120. The van der Waals surface area contributed by atoms with Crippen molar-refractivity contribution in [1.82, 2.24) is 4.98 Å². The summed E-state index contributed by atoms with van der Waals surface area (Å²) >= 11 is 1.71. The number of fused-ring (bicyclic) bond motifs is 2. The summed E-state index contributed by atoms with van der Waals surface area (Å²) < 4.78 is 5.70. The number of hydrogen-bond donors (Lipinski definition) is 0. The molecular weight excluding hydrogens is 378 g/mol. The average Bonchev–Trinajstić information content (AvgIpc) is 3.42. The van der Waals surface area contributed by atoms with Gasteiger partial charge in [-0.15, -0.1) is 11.3 Å². The van der Waals surface area contributed by atoms with E-state index in [-0.39, 0.29) is 12.6 Å². The predicted molar refractivity (Wildman–Crippen MR) is 118 cm³/mol. The quantitative estimate of drug-likeness (QED) is 0.388. The van der Waals surface area contributed by atoms with Gasteiger partial charge in [0.15, 0.2) is 0 Å². The van der Waals surface area contributed by atoms with Gasteiger partial charge in [0.1, 0.15) is 6.61 Å². The second kappa shape index (κ2) is 7.64. The van der Waals surface area contributed by atoms with Crippen LogP contribution in [0.15, 0.2) is 72.1 Å². The molecule has 0 saturated carbocycles. The molecular formula is C25H19NO2S. The van der Waals surface area contributed by atoms with Crippen LogP contribution in [0.3, 0.4) is 0 Å². The van der Waals surface area contributed by atoms with E-state index >= 15 is 0 Å². The molecule has 4 heteroatoms. The van der Waals surface area contributed by atoms with Crippen LogP contribution in [-0.4, -0.2) is 11.0 Å². The molecule has 2 aromatic heterocycles. The molecule has 3 nitrogen and oxygen atoms in total. The van der Waals surface area contributed by atoms with Gasteiger partial charge >= 0.3 is 5.97 Å². The molecule has 0 saturated heterocycles. The Balaban J connectivity index is 1.57. The molecule has 1 aliphatic carbocycles. The monoisotopic (exact) mass is 397 g/mol. The van der Waals surface area contributed by atoms with Crippen molar-refractivity contribution in [3.8, 4) is 0 Å². The highest BCUT2D eigenvalue weighted by Crippen LogP contribution is 2.38. The lowest BCUT2D eigenvalue weighted by atomic mass is 10.0. The number of rotatable bonds is 4. The standard InChI is InChI=1S/C25H19NO2S/c27-25(28-16-17-7-2-1-3-8-17)23-20-10-4-5-11-22(20)26-24-18(12-13-21(23)24)15-19-9-6-14-29-19/h1-11,14-15H,12-13,16H2/b18-15+. The Morgan fingerprint density at radius 1 is 1.00 bits per heavy atom. The SMILES string of the molecule is O=C(OCc1ccccc1)c1c2c(nc3ccccc13)/C(=C/c1cccs1)CC2. The van der Waals surface area contributed by atoms with Gasteiger partial charge in [0.05, 0.1) is 16.8 Å². The first kappa shape index (κ1) is 17.8. The third-order valence-electron chi connectivity index (χ3n) is 5.22. The van der Waals surface area contributed by atoms with Gasteiger partial charge in [0.25, 0.3) is 0 Å². The third-order valence-corrected chi connectivity index (χ3v) is 6.04. The minimum absolute atomic E-state index is 0.267. The highest BCUT2D eigenvalue weighted by Gasteiger charge is 2.27. The van der Waals surface area contributed by atoms with Crippen molar-refractivity contribution in [3.05, 3.63) is 99.4 Å². The zero-order valence-corrected chi connectivity index (χ0v) is 16.6. The first-order valence-electron chi connectivity index (χ1n) is 9.67. The van der Waals surface area contributed by atoms with Gasteiger partial charge in [0.2, 0.25) is 0 Å². The van der Waals surface area contributed by atoms with Gasteiger partial charge in [-0.05, 0) is 53.1 Å². The van der Waals surface area contributed by atoms with Crippen molar-refractivity contribution in [2.45, 2.75) is 19.4 Å². The molecule has 2 aromatic carbocycles. The first-order chi connectivity index (χ1) is 14.3. The third kappa shape index (κ3) is 3.47. The summed E-state index contributed by atoms with van der Waals surface area (Å²) in [4.78, 5) is 19.3. The van der Waals surface area contributed by atoms with E-state index in [1.165, 1.54) is 10.5 Å². The first-order valence-corrected chi connectivity index (χ1v) is 10.5. The number of esters is 1. The van der Waals surface area contributed by atoms with Crippen LogP contribution in [-0.2, 0) is 17.8 Å². The molecule has 0 spiro atoms. The maximum atomic E-state index is 13.1. The van der Waals surface area contributed by atoms with Crippen molar-refractivity contribution >= 4 is 39.9 Å². The Morgan fingerprint density at radius 3 is 2.66 bits per heavy atom. The number of allylic oxidation sites excluding steroid dienone is 1. The Morgan fingerprint density at radius 2 is 1.83 bits per heavy atom. The van der Waals surface area contributed by atoms with Gasteiger partial charge in [-0.2, -0.15) is 0 Å². The number of thiophene rings is 1. The number of carbonyl (C=O) groups is 1. The minimum Gasteiger partial charge on any atom is -0.457 e. The molecule has 142 valence electrons. The number of para-hydroxylation sites is 1. The Hall–Kier alpha value is -3.24. The van der Waals surface area contributed by atoms with Crippen LogP contribution in [0.25, 0.3) is 22.6 Å². The molecule has 4 aromatic rings. The van der Waals surface area contributed by atoms with Crippen molar-refractivity contribution in [2.75, 3.05) is 0 Å². The summed E-state index contributed by atoms with van der Waals surface area (Å²) in [6, 6.07) is 21.8. The number of hydrogen-bond acceptors (Lipinski definition) is 4. The molecule has 0 amide bonds. The van der Waals surface area contributed by atoms with Gasteiger partial charge in [-0.3, -0.25) is 0 Å². The van der Waals surface area contributed by atoms with Crippen LogP contribution >= 0.6 is 11.3 Å². The van der Waals surface area contributed by atoms with E-state index in [9.17, 15) is 4.79 Å². The molecule has 5 rings (SSSR count). The van der Waals surface area contributed by atoms with Crippen LogP contribution in [0.1, 0.15) is 38.5 Å². The lowest BCUT2D eigenvalue weighted by Crippen LogP contribution is -2.10. The predicted octanol–water partition coefficient (Wildman–Crippen LogP) is 6.14. The Kier molecular flexibility index (Phi) is 4.70. The van der Waals surface area contributed by atoms with Crippen molar-refractivity contribution in [2.24, 2.45) is 0 Å². The molecule has 0 fully saturated rings. The number of benzene rings is 2. The van der Waals surface area contributed by atoms with Gasteiger partial charge in [0, 0.05) is 10.3 Å². The fourth-order valence-corrected chi connectivity index (χ4v) is 4.53. The van der Waals surface area contributed by atoms with Gasteiger partial charge < -0.3 is 4.74 Å². The van der Waals surface area contributed by atoms with Gasteiger partial charge in [-0.1, -0.05) is 54.6 Å². The molecule has 0 aliphatic heterocycles. The summed E-state index contributed by atoms with van der Waals surface area (Å²) in [7, 11) is 0.